The van der Waals surface area contributed by atoms with E-state index in [4.69, 9.17) is 23.2 Å². The zero-order valence-corrected chi connectivity index (χ0v) is 13.7. The zero-order valence-electron chi connectivity index (χ0n) is 12.2. The van der Waals surface area contributed by atoms with Gasteiger partial charge in [0, 0.05) is 28.7 Å². The van der Waals surface area contributed by atoms with Crippen molar-refractivity contribution in [1.29, 1.82) is 0 Å². The molecular formula is C15H23Cl2NO2. The van der Waals surface area contributed by atoms with E-state index in [0.29, 0.717) is 35.1 Å². The van der Waals surface area contributed by atoms with Gasteiger partial charge in [-0.3, -0.25) is 0 Å². The second kappa shape index (κ2) is 7.62. The molecule has 0 radical (unpaired) electrons. The lowest BCUT2D eigenvalue weighted by atomic mass is 9.89. The maximum absolute atomic E-state index is 10.1. The molecule has 0 aromatic heterocycles. The van der Waals surface area contributed by atoms with Gasteiger partial charge in [-0.15, -0.1) is 0 Å². The van der Waals surface area contributed by atoms with Crippen LogP contribution in [0.1, 0.15) is 38.9 Å². The van der Waals surface area contributed by atoms with Crippen molar-refractivity contribution in [2.45, 2.75) is 39.4 Å². The fraction of sp³-hybridized carbons (Fsp3) is 0.600. The van der Waals surface area contributed by atoms with Crippen LogP contribution in [0.5, 0.6) is 0 Å². The number of rotatable bonds is 6. The second-order valence-corrected chi connectivity index (χ2v) is 7.10. The molecule has 0 fully saturated rings. The highest BCUT2D eigenvalue weighted by Crippen LogP contribution is 2.26. The molecule has 0 saturated carbocycles. The van der Waals surface area contributed by atoms with Crippen LogP contribution in [0.25, 0.3) is 0 Å². The van der Waals surface area contributed by atoms with Crippen molar-refractivity contribution in [2.24, 2.45) is 5.41 Å². The van der Waals surface area contributed by atoms with Gasteiger partial charge in [-0.1, -0.05) is 44.0 Å². The lowest BCUT2D eigenvalue weighted by Crippen LogP contribution is -2.32. The van der Waals surface area contributed by atoms with E-state index in [9.17, 15) is 10.2 Å². The monoisotopic (exact) mass is 319 g/mol. The summed E-state index contributed by atoms with van der Waals surface area (Å²) in [5.74, 6) is 0. The Bertz CT molecular complexity index is 432. The maximum Gasteiger partial charge on any atom is 0.0929 e. The summed E-state index contributed by atoms with van der Waals surface area (Å²) in [7, 11) is 0. The van der Waals surface area contributed by atoms with Crippen molar-refractivity contribution in [3.63, 3.8) is 0 Å². The summed E-state index contributed by atoms with van der Waals surface area (Å²) in [5.41, 5.74) is 0.674. The molecule has 1 aromatic rings. The summed E-state index contributed by atoms with van der Waals surface area (Å²) >= 11 is 11.9. The van der Waals surface area contributed by atoms with Gasteiger partial charge in [0.2, 0.25) is 0 Å². The van der Waals surface area contributed by atoms with E-state index in [0.717, 1.165) is 0 Å². The van der Waals surface area contributed by atoms with Crippen molar-refractivity contribution in [3.05, 3.63) is 33.8 Å². The minimum absolute atomic E-state index is 0.0793. The molecule has 0 aliphatic heterocycles. The Morgan fingerprint density at radius 3 is 2.40 bits per heavy atom. The SMILES string of the molecule is CC(C)(C)CC(O)CNCC(O)c1cc(Cl)ccc1Cl. The van der Waals surface area contributed by atoms with Crippen molar-refractivity contribution in [3.8, 4) is 0 Å². The summed E-state index contributed by atoms with van der Waals surface area (Å²) in [6, 6.07) is 5.00. The molecule has 2 atom stereocenters. The quantitative estimate of drug-likeness (QED) is 0.753. The summed E-state index contributed by atoms with van der Waals surface area (Å²) in [4.78, 5) is 0. The Morgan fingerprint density at radius 2 is 1.80 bits per heavy atom. The van der Waals surface area contributed by atoms with Gasteiger partial charge in [0.1, 0.15) is 0 Å². The third-order valence-corrected chi connectivity index (χ3v) is 3.46. The fourth-order valence-electron chi connectivity index (χ4n) is 2.05. The number of hydrogen-bond donors (Lipinski definition) is 3. The van der Waals surface area contributed by atoms with Gasteiger partial charge in [0.15, 0.2) is 0 Å². The minimum atomic E-state index is -0.747. The Hall–Kier alpha value is -0.320. The highest BCUT2D eigenvalue weighted by atomic mass is 35.5. The van der Waals surface area contributed by atoms with Crippen molar-refractivity contribution >= 4 is 23.2 Å². The third-order valence-electron chi connectivity index (χ3n) is 2.88. The Balaban J connectivity index is 2.44. The first-order valence-electron chi connectivity index (χ1n) is 6.71. The second-order valence-electron chi connectivity index (χ2n) is 6.26. The molecule has 1 rings (SSSR count). The molecule has 0 bridgehead atoms. The molecule has 0 aliphatic rings. The predicted octanol–water partition coefficient (Wildman–Crippen LogP) is 3.41. The van der Waals surface area contributed by atoms with Crippen LogP contribution in [0.4, 0.5) is 0 Å². The Kier molecular flexibility index (Phi) is 6.76. The number of halogens is 2. The molecule has 0 spiro atoms. The van der Waals surface area contributed by atoms with E-state index in [1.54, 1.807) is 18.2 Å². The number of nitrogens with one attached hydrogen (secondary N) is 1. The molecule has 0 amide bonds. The molecule has 0 heterocycles. The van der Waals surface area contributed by atoms with Crippen LogP contribution in [-0.2, 0) is 0 Å². The summed E-state index contributed by atoms with van der Waals surface area (Å²) < 4.78 is 0. The predicted molar refractivity (Wildman–Crippen MR) is 84.4 cm³/mol. The third kappa shape index (κ3) is 6.42. The Labute approximate surface area is 130 Å². The average Bonchev–Trinajstić information content (AvgIpc) is 2.29. The van der Waals surface area contributed by atoms with Gasteiger partial charge in [0.05, 0.1) is 12.2 Å². The van der Waals surface area contributed by atoms with Crippen molar-refractivity contribution < 1.29 is 10.2 Å². The van der Waals surface area contributed by atoms with E-state index in [1.165, 1.54) is 0 Å². The summed E-state index contributed by atoms with van der Waals surface area (Å²) in [6.07, 6.45) is -0.478. The van der Waals surface area contributed by atoms with E-state index in [2.05, 4.69) is 26.1 Å². The highest BCUT2D eigenvalue weighted by Gasteiger charge is 2.17. The van der Waals surface area contributed by atoms with Gasteiger partial charge in [-0.05, 0) is 30.0 Å². The molecule has 2 unspecified atom stereocenters. The first kappa shape index (κ1) is 17.7. The molecule has 0 aliphatic carbocycles. The summed E-state index contributed by atoms with van der Waals surface area (Å²) in [5, 5.41) is 24.0. The zero-order chi connectivity index (χ0) is 15.3. The van der Waals surface area contributed by atoms with Crippen LogP contribution in [0.2, 0.25) is 10.0 Å². The van der Waals surface area contributed by atoms with E-state index in [-0.39, 0.29) is 5.41 Å². The molecule has 1 aromatic carbocycles. The average molecular weight is 320 g/mol. The molecule has 114 valence electrons. The number of aliphatic hydroxyl groups is 2. The van der Waals surface area contributed by atoms with Gasteiger partial charge in [-0.2, -0.15) is 0 Å². The number of benzene rings is 1. The van der Waals surface area contributed by atoms with E-state index in [1.807, 2.05) is 0 Å². The number of aliphatic hydroxyl groups excluding tert-OH is 2. The molecule has 3 nitrogen and oxygen atoms in total. The summed E-state index contributed by atoms with van der Waals surface area (Å²) in [6.45, 7) is 7.00. The lowest BCUT2D eigenvalue weighted by molar-refractivity contribution is 0.111. The van der Waals surface area contributed by atoms with Gasteiger partial charge in [0.25, 0.3) is 0 Å². The van der Waals surface area contributed by atoms with Gasteiger partial charge < -0.3 is 15.5 Å². The maximum atomic E-state index is 10.1. The largest absolute Gasteiger partial charge is 0.392 e. The topological polar surface area (TPSA) is 52.5 Å². The molecule has 20 heavy (non-hydrogen) atoms. The van der Waals surface area contributed by atoms with Gasteiger partial charge >= 0.3 is 0 Å². The smallest absolute Gasteiger partial charge is 0.0929 e. The fourth-order valence-corrected chi connectivity index (χ4v) is 2.47. The number of hydrogen-bond acceptors (Lipinski definition) is 3. The van der Waals surface area contributed by atoms with Crippen molar-refractivity contribution in [2.75, 3.05) is 13.1 Å². The standard InChI is InChI=1S/C15H23Cl2NO2/c1-15(2,3)7-11(19)8-18-9-14(20)12-6-10(16)4-5-13(12)17/h4-6,11,14,18-20H,7-9H2,1-3H3. The Morgan fingerprint density at radius 1 is 1.15 bits per heavy atom. The first-order chi connectivity index (χ1) is 9.19. The van der Waals surface area contributed by atoms with Crippen LogP contribution in [0.15, 0.2) is 18.2 Å². The van der Waals surface area contributed by atoms with Crippen molar-refractivity contribution in [1.82, 2.24) is 5.32 Å². The lowest BCUT2D eigenvalue weighted by Gasteiger charge is -2.23. The van der Waals surface area contributed by atoms with Crippen LogP contribution < -0.4 is 5.32 Å². The molecule has 0 saturated heterocycles. The van der Waals surface area contributed by atoms with E-state index >= 15 is 0 Å². The molecule has 5 heteroatoms. The normalized spacial score (nSPS) is 15.2. The van der Waals surface area contributed by atoms with E-state index < -0.39 is 12.2 Å². The van der Waals surface area contributed by atoms with Gasteiger partial charge in [-0.25, -0.2) is 0 Å². The minimum Gasteiger partial charge on any atom is -0.392 e. The highest BCUT2D eigenvalue weighted by molar-refractivity contribution is 6.33. The molecule has 3 N–H and O–H groups in total. The van der Waals surface area contributed by atoms with Crippen LogP contribution in [0.3, 0.4) is 0 Å². The van der Waals surface area contributed by atoms with Crippen LogP contribution in [-0.4, -0.2) is 29.4 Å². The molecular weight excluding hydrogens is 297 g/mol. The first-order valence-corrected chi connectivity index (χ1v) is 7.46. The van der Waals surface area contributed by atoms with Crippen LogP contribution >= 0.6 is 23.2 Å². The van der Waals surface area contributed by atoms with Crippen LogP contribution in [0, 0.1) is 5.41 Å².